The van der Waals surface area contributed by atoms with Crippen LogP contribution in [-0.2, 0) is 0 Å². The molecule has 2 aromatic rings. The molecular weight excluding hydrogens is 188 g/mol. The summed E-state index contributed by atoms with van der Waals surface area (Å²) in [6, 6.07) is 3.83. The first-order chi connectivity index (χ1) is 6.68. The van der Waals surface area contributed by atoms with E-state index >= 15 is 0 Å². The van der Waals surface area contributed by atoms with Crippen molar-refractivity contribution < 1.29 is 4.92 Å². The Hall–Kier alpha value is -2.31. The number of rotatable bonds is 1. The molecule has 1 heterocycles. The van der Waals surface area contributed by atoms with E-state index in [1.807, 2.05) is 0 Å². The first-order valence-corrected chi connectivity index (χ1v) is 3.68. The largest absolute Gasteiger partial charge is 0.275 e. The zero-order valence-corrected chi connectivity index (χ0v) is 6.80. The molecule has 7 nitrogen and oxygen atoms in total. The van der Waals surface area contributed by atoms with Crippen LogP contribution in [0.5, 0.6) is 0 Å². The standard InChI is InChI=1S/C7H4N4O3/c12-7-5-3-4(11(13)14)1-2-6(5)8-10-9-7/h1-3H,(H,8,9,12). The topological polar surface area (TPSA) is 102 Å². The molecular formula is C7H4N4O3. The number of benzene rings is 1. The second kappa shape index (κ2) is 2.87. The van der Waals surface area contributed by atoms with Crippen molar-refractivity contribution in [3.8, 4) is 0 Å². The minimum Gasteiger partial charge on any atom is -0.267 e. The quantitative estimate of drug-likeness (QED) is 0.514. The van der Waals surface area contributed by atoms with Crippen molar-refractivity contribution in [3.05, 3.63) is 38.7 Å². The first kappa shape index (κ1) is 8.30. The second-order valence-corrected chi connectivity index (χ2v) is 2.60. The molecule has 2 rings (SSSR count). The summed E-state index contributed by atoms with van der Waals surface area (Å²) in [4.78, 5) is 21.0. The van der Waals surface area contributed by atoms with Gasteiger partial charge in [0.15, 0.2) is 0 Å². The Morgan fingerprint density at radius 2 is 2.21 bits per heavy atom. The van der Waals surface area contributed by atoms with E-state index in [4.69, 9.17) is 0 Å². The zero-order valence-electron chi connectivity index (χ0n) is 6.80. The summed E-state index contributed by atoms with van der Waals surface area (Å²) in [7, 11) is 0. The maximum absolute atomic E-state index is 11.2. The first-order valence-electron chi connectivity index (χ1n) is 3.68. The maximum atomic E-state index is 11.2. The summed E-state index contributed by atoms with van der Waals surface area (Å²) < 4.78 is 0. The highest BCUT2D eigenvalue weighted by Crippen LogP contribution is 2.15. The van der Waals surface area contributed by atoms with E-state index in [1.165, 1.54) is 18.2 Å². The average molecular weight is 192 g/mol. The van der Waals surface area contributed by atoms with E-state index in [0.29, 0.717) is 5.52 Å². The molecule has 70 valence electrons. The monoisotopic (exact) mass is 192 g/mol. The molecule has 0 amide bonds. The smallest absolute Gasteiger partial charge is 0.267 e. The molecule has 0 aliphatic heterocycles. The zero-order chi connectivity index (χ0) is 10.1. The van der Waals surface area contributed by atoms with Gasteiger partial charge in [0, 0.05) is 12.1 Å². The van der Waals surface area contributed by atoms with Gasteiger partial charge in [0.25, 0.3) is 11.2 Å². The van der Waals surface area contributed by atoms with Crippen LogP contribution in [0.25, 0.3) is 10.9 Å². The third-order valence-corrected chi connectivity index (χ3v) is 1.74. The Morgan fingerprint density at radius 3 is 2.93 bits per heavy atom. The highest BCUT2D eigenvalue weighted by Gasteiger charge is 2.08. The van der Waals surface area contributed by atoms with Gasteiger partial charge in [-0.15, -0.1) is 5.10 Å². The van der Waals surface area contributed by atoms with Gasteiger partial charge in [-0.3, -0.25) is 14.9 Å². The molecule has 0 atom stereocenters. The third kappa shape index (κ3) is 1.20. The van der Waals surface area contributed by atoms with Crippen molar-refractivity contribution in [2.45, 2.75) is 0 Å². The molecule has 0 bridgehead atoms. The van der Waals surface area contributed by atoms with Crippen LogP contribution in [0.4, 0.5) is 5.69 Å². The summed E-state index contributed by atoms with van der Waals surface area (Å²) in [6.45, 7) is 0. The van der Waals surface area contributed by atoms with Crippen molar-refractivity contribution in [2.75, 3.05) is 0 Å². The fourth-order valence-electron chi connectivity index (χ4n) is 1.09. The minimum absolute atomic E-state index is 0.143. The van der Waals surface area contributed by atoms with Gasteiger partial charge < -0.3 is 0 Å². The van der Waals surface area contributed by atoms with Gasteiger partial charge in [0.1, 0.15) is 5.52 Å². The third-order valence-electron chi connectivity index (χ3n) is 1.74. The molecule has 0 aliphatic rings. The molecule has 0 fully saturated rings. The van der Waals surface area contributed by atoms with Crippen molar-refractivity contribution in [1.82, 2.24) is 15.4 Å². The van der Waals surface area contributed by atoms with Crippen molar-refractivity contribution in [1.29, 1.82) is 0 Å². The number of hydrogen-bond acceptors (Lipinski definition) is 5. The van der Waals surface area contributed by atoms with E-state index in [0.717, 1.165) is 0 Å². The number of aromatic nitrogens is 3. The normalized spacial score (nSPS) is 10.3. The van der Waals surface area contributed by atoms with E-state index in [1.54, 1.807) is 0 Å². The number of H-pyrrole nitrogens is 1. The van der Waals surface area contributed by atoms with E-state index < -0.39 is 10.5 Å². The van der Waals surface area contributed by atoms with Gasteiger partial charge >= 0.3 is 0 Å². The van der Waals surface area contributed by atoms with Crippen LogP contribution in [0.1, 0.15) is 0 Å². The SMILES string of the molecule is O=c1[nH]nnc2ccc([N+](=O)[O-])cc12. The lowest BCUT2D eigenvalue weighted by Gasteiger charge is -1.93. The van der Waals surface area contributed by atoms with Gasteiger partial charge in [-0.05, 0) is 6.07 Å². The van der Waals surface area contributed by atoms with Gasteiger partial charge in [0.2, 0.25) is 0 Å². The number of hydrogen-bond donors (Lipinski definition) is 1. The molecule has 1 aromatic carbocycles. The van der Waals surface area contributed by atoms with Crippen LogP contribution in [0.2, 0.25) is 0 Å². The Balaban J connectivity index is 2.83. The predicted octanol–water partition coefficient (Wildman–Crippen LogP) is 0.226. The molecule has 0 saturated heterocycles. The Bertz CT molecular complexity index is 562. The molecule has 0 unspecified atom stereocenters. The fraction of sp³-hybridized carbons (Fsp3) is 0. The Labute approximate surface area is 76.5 Å². The summed E-state index contributed by atoms with van der Waals surface area (Å²) in [5.41, 5.74) is -0.297. The van der Waals surface area contributed by atoms with Gasteiger partial charge in [-0.1, -0.05) is 5.21 Å². The average Bonchev–Trinajstić information content (AvgIpc) is 2.18. The lowest BCUT2D eigenvalue weighted by molar-refractivity contribution is -0.384. The molecule has 14 heavy (non-hydrogen) atoms. The molecule has 7 heteroatoms. The lowest BCUT2D eigenvalue weighted by atomic mass is 10.2. The Kier molecular flexibility index (Phi) is 1.70. The number of fused-ring (bicyclic) bond motifs is 1. The summed E-state index contributed by atoms with van der Waals surface area (Å²) >= 11 is 0. The van der Waals surface area contributed by atoms with Crippen LogP contribution in [0.15, 0.2) is 23.0 Å². The van der Waals surface area contributed by atoms with Gasteiger partial charge in [-0.2, -0.15) is 0 Å². The second-order valence-electron chi connectivity index (χ2n) is 2.60. The minimum atomic E-state index is -0.570. The predicted molar refractivity (Wildman–Crippen MR) is 46.8 cm³/mol. The fourth-order valence-corrected chi connectivity index (χ4v) is 1.09. The van der Waals surface area contributed by atoms with Crippen molar-refractivity contribution >= 4 is 16.6 Å². The van der Waals surface area contributed by atoms with Crippen LogP contribution < -0.4 is 5.56 Å². The summed E-state index contributed by atoms with van der Waals surface area (Å²) in [6.07, 6.45) is 0. The Morgan fingerprint density at radius 1 is 1.43 bits per heavy atom. The number of nitro benzene ring substituents is 1. The van der Waals surface area contributed by atoms with Gasteiger partial charge in [-0.25, -0.2) is 5.10 Å². The van der Waals surface area contributed by atoms with Crippen LogP contribution >= 0.6 is 0 Å². The van der Waals surface area contributed by atoms with E-state index in [9.17, 15) is 14.9 Å². The lowest BCUT2D eigenvalue weighted by Crippen LogP contribution is -2.09. The maximum Gasteiger partial charge on any atom is 0.275 e. The van der Waals surface area contributed by atoms with Gasteiger partial charge in [0.05, 0.1) is 10.3 Å². The molecule has 0 spiro atoms. The number of non-ortho nitro benzene ring substituents is 1. The van der Waals surface area contributed by atoms with Crippen molar-refractivity contribution in [2.24, 2.45) is 0 Å². The number of nitro groups is 1. The number of nitrogens with zero attached hydrogens (tertiary/aromatic N) is 3. The van der Waals surface area contributed by atoms with Crippen LogP contribution in [0, 0.1) is 10.1 Å². The highest BCUT2D eigenvalue weighted by molar-refractivity contribution is 5.79. The van der Waals surface area contributed by atoms with Crippen LogP contribution in [-0.4, -0.2) is 20.3 Å². The number of nitrogens with one attached hydrogen (secondary N) is 1. The van der Waals surface area contributed by atoms with E-state index in [2.05, 4.69) is 15.4 Å². The summed E-state index contributed by atoms with van der Waals surface area (Å²) in [5.74, 6) is 0. The molecule has 1 aromatic heterocycles. The highest BCUT2D eigenvalue weighted by atomic mass is 16.6. The molecule has 0 aliphatic carbocycles. The molecule has 0 radical (unpaired) electrons. The molecule has 1 N–H and O–H groups in total. The summed E-state index contributed by atoms with van der Waals surface area (Å²) in [5, 5.41) is 19.6. The van der Waals surface area contributed by atoms with Crippen LogP contribution in [0.3, 0.4) is 0 Å². The van der Waals surface area contributed by atoms with E-state index in [-0.39, 0.29) is 11.1 Å². The molecule has 0 saturated carbocycles. The van der Waals surface area contributed by atoms with Crippen molar-refractivity contribution in [3.63, 3.8) is 0 Å². The number of aromatic amines is 1.